The molecule has 0 aliphatic rings. The van der Waals surface area contributed by atoms with E-state index in [1.165, 1.54) is 0 Å². The molecule has 0 unspecified atom stereocenters. The molecule has 0 saturated carbocycles. The molecule has 0 spiro atoms. The lowest BCUT2D eigenvalue weighted by molar-refractivity contribution is 0.413. The van der Waals surface area contributed by atoms with E-state index in [9.17, 15) is 0 Å². The van der Waals surface area contributed by atoms with E-state index in [1.54, 1.807) is 13.2 Å². The molecule has 12 heavy (non-hydrogen) atoms. The molecule has 0 saturated heterocycles. The Hall–Kier alpha value is -1.56. The Bertz CT molecular complexity index is 315. The number of nitrogens with zero attached hydrogens (tertiary/aromatic N) is 2. The molecule has 1 aromatic rings. The van der Waals surface area contributed by atoms with E-state index in [1.807, 2.05) is 19.1 Å². The van der Waals surface area contributed by atoms with Gasteiger partial charge in [0.2, 0.25) is 0 Å². The Morgan fingerprint density at radius 1 is 1.58 bits per heavy atom. The average molecular weight is 162 g/mol. The van der Waals surface area contributed by atoms with Crippen LogP contribution in [-0.2, 0) is 6.42 Å². The van der Waals surface area contributed by atoms with Crippen LogP contribution >= 0.6 is 0 Å². The van der Waals surface area contributed by atoms with Gasteiger partial charge in [0.25, 0.3) is 0 Å². The number of methoxy groups -OCH3 is 1. The fourth-order valence-electron chi connectivity index (χ4n) is 0.992. The van der Waals surface area contributed by atoms with Crippen molar-refractivity contribution in [3.8, 4) is 11.8 Å². The Labute approximate surface area is 71.6 Å². The highest BCUT2D eigenvalue weighted by Gasteiger charge is 1.98. The summed E-state index contributed by atoms with van der Waals surface area (Å²) in [5.74, 6) is 0.757. The van der Waals surface area contributed by atoms with Crippen LogP contribution in [0.1, 0.15) is 11.4 Å². The summed E-state index contributed by atoms with van der Waals surface area (Å²) in [6.07, 6.45) is 0.331. The SMILES string of the molecule is COc1cc(C)nc(CC#N)c1. The number of aryl methyl sites for hydroxylation is 1. The Balaban J connectivity index is 2.99. The maximum absolute atomic E-state index is 8.44. The lowest BCUT2D eigenvalue weighted by Gasteiger charge is -2.02. The van der Waals surface area contributed by atoms with Gasteiger partial charge in [-0.1, -0.05) is 0 Å². The number of ether oxygens (including phenoxy) is 1. The number of nitriles is 1. The van der Waals surface area contributed by atoms with Crippen molar-refractivity contribution in [3.05, 3.63) is 23.5 Å². The second-order valence-electron chi connectivity index (χ2n) is 2.47. The van der Waals surface area contributed by atoms with Gasteiger partial charge in [-0.3, -0.25) is 4.98 Å². The van der Waals surface area contributed by atoms with Gasteiger partial charge < -0.3 is 4.74 Å². The third-order valence-corrected chi connectivity index (χ3v) is 1.48. The van der Waals surface area contributed by atoms with Crippen molar-refractivity contribution in [2.75, 3.05) is 7.11 Å². The largest absolute Gasteiger partial charge is 0.497 e. The molecule has 0 N–H and O–H groups in total. The first-order valence-corrected chi connectivity index (χ1v) is 3.65. The lowest BCUT2D eigenvalue weighted by atomic mass is 10.2. The van der Waals surface area contributed by atoms with E-state index in [0.717, 1.165) is 17.1 Å². The normalized spacial score (nSPS) is 9.08. The maximum Gasteiger partial charge on any atom is 0.122 e. The van der Waals surface area contributed by atoms with Crippen molar-refractivity contribution >= 4 is 0 Å². The molecule has 3 heteroatoms. The summed E-state index contributed by atoms with van der Waals surface area (Å²) in [6.45, 7) is 1.88. The Kier molecular flexibility index (Phi) is 2.65. The number of hydrogen-bond donors (Lipinski definition) is 0. The zero-order chi connectivity index (χ0) is 8.97. The molecule has 1 rings (SSSR count). The molecule has 0 radical (unpaired) electrons. The van der Waals surface area contributed by atoms with Crippen LogP contribution in [0.2, 0.25) is 0 Å². The molecular formula is C9H10N2O. The highest BCUT2D eigenvalue weighted by atomic mass is 16.5. The first-order chi connectivity index (χ1) is 5.76. The number of aromatic nitrogens is 1. The third-order valence-electron chi connectivity index (χ3n) is 1.48. The van der Waals surface area contributed by atoms with Gasteiger partial charge in [0.1, 0.15) is 5.75 Å². The van der Waals surface area contributed by atoms with Gasteiger partial charge in [0, 0.05) is 17.8 Å². The fourth-order valence-corrected chi connectivity index (χ4v) is 0.992. The predicted molar refractivity (Wildman–Crippen MR) is 44.8 cm³/mol. The smallest absolute Gasteiger partial charge is 0.122 e. The highest BCUT2D eigenvalue weighted by Crippen LogP contribution is 2.13. The number of hydrogen-bond acceptors (Lipinski definition) is 3. The fraction of sp³-hybridized carbons (Fsp3) is 0.333. The van der Waals surface area contributed by atoms with Gasteiger partial charge in [-0.15, -0.1) is 0 Å². The number of pyridine rings is 1. The van der Waals surface area contributed by atoms with E-state index in [0.29, 0.717) is 6.42 Å². The van der Waals surface area contributed by atoms with E-state index in [-0.39, 0.29) is 0 Å². The quantitative estimate of drug-likeness (QED) is 0.661. The van der Waals surface area contributed by atoms with Crippen LogP contribution in [0.3, 0.4) is 0 Å². The Morgan fingerprint density at radius 3 is 2.92 bits per heavy atom. The first kappa shape index (κ1) is 8.54. The lowest BCUT2D eigenvalue weighted by Crippen LogP contribution is -1.93. The molecule has 0 bridgehead atoms. The second kappa shape index (κ2) is 3.72. The summed E-state index contributed by atoms with van der Waals surface area (Å²) in [4.78, 5) is 4.17. The predicted octanol–water partition coefficient (Wildman–Crippen LogP) is 1.46. The van der Waals surface area contributed by atoms with Gasteiger partial charge in [-0.25, -0.2) is 0 Å². The molecule has 0 aliphatic carbocycles. The van der Waals surface area contributed by atoms with E-state index in [4.69, 9.17) is 10.00 Å². The molecule has 62 valence electrons. The molecule has 0 amide bonds. The van der Waals surface area contributed by atoms with Crippen molar-refractivity contribution in [1.82, 2.24) is 4.98 Å². The van der Waals surface area contributed by atoms with Crippen molar-refractivity contribution < 1.29 is 4.74 Å². The van der Waals surface area contributed by atoms with Crippen molar-refractivity contribution in [2.24, 2.45) is 0 Å². The molecule has 0 aromatic carbocycles. The highest BCUT2D eigenvalue weighted by molar-refractivity contribution is 5.27. The third kappa shape index (κ3) is 1.96. The molecular weight excluding hydrogens is 152 g/mol. The average Bonchev–Trinajstić information content (AvgIpc) is 2.04. The number of rotatable bonds is 2. The summed E-state index contributed by atoms with van der Waals surface area (Å²) in [7, 11) is 1.60. The summed E-state index contributed by atoms with van der Waals surface area (Å²) in [5, 5.41) is 8.44. The van der Waals surface area contributed by atoms with Crippen molar-refractivity contribution in [2.45, 2.75) is 13.3 Å². The van der Waals surface area contributed by atoms with Crippen LogP contribution in [0, 0.1) is 18.3 Å². The van der Waals surface area contributed by atoms with Crippen LogP contribution in [-0.4, -0.2) is 12.1 Å². The van der Waals surface area contributed by atoms with Gasteiger partial charge in [0.15, 0.2) is 0 Å². The summed E-state index contributed by atoms with van der Waals surface area (Å²) in [5.41, 5.74) is 1.63. The van der Waals surface area contributed by atoms with Crippen LogP contribution in [0.15, 0.2) is 12.1 Å². The molecule has 1 aromatic heterocycles. The second-order valence-corrected chi connectivity index (χ2v) is 2.47. The van der Waals surface area contributed by atoms with Crippen LogP contribution in [0.4, 0.5) is 0 Å². The van der Waals surface area contributed by atoms with E-state index >= 15 is 0 Å². The van der Waals surface area contributed by atoms with Gasteiger partial charge in [-0.2, -0.15) is 5.26 Å². The van der Waals surface area contributed by atoms with E-state index in [2.05, 4.69) is 4.98 Å². The summed E-state index contributed by atoms with van der Waals surface area (Å²) in [6, 6.07) is 5.65. The van der Waals surface area contributed by atoms with Gasteiger partial charge in [0.05, 0.1) is 25.3 Å². The zero-order valence-corrected chi connectivity index (χ0v) is 7.16. The molecule has 0 aliphatic heterocycles. The summed E-state index contributed by atoms with van der Waals surface area (Å²) >= 11 is 0. The summed E-state index contributed by atoms with van der Waals surface area (Å²) < 4.78 is 5.03. The molecule has 0 atom stereocenters. The Morgan fingerprint density at radius 2 is 2.33 bits per heavy atom. The topological polar surface area (TPSA) is 45.9 Å². The van der Waals surface area contributed by atoms with Crippen LogP contribution in [0.25, 0.3) is 0 Å². The zero-order valence-electron chi connectivity index (χ0n) is 7.16. The van der Waals surface area contributed by atoms with Gasteiger partial charge in [-0.05, 0) is 6.92 Å². The van der Waals surface area contributed by atoms with Crippen molar-refractivity contribution in [1.29, 1.82) is 5.26 Å². The monoisotopic (exact) mass is 162 g/mol. The minimum Gasteiger partial charge on any atom is -0.497 e. The van der Waals surface area contributed by atoms with Crippen molar-refractivity contribution in [3.63, 3.8) is 0 Å². The van der Waals surface area contributed by atoms with E-state index < -0.39 is 0 Å². The van der Waals surface area contributed by atoms with Gasteiger partial charge >= 0.3 is 0 Å². The standard InChI is InChI=1S/C9H10N2O/c1-7-5-9(12-2)6-8(11-7)3-4-10/h5-6H,3H2,1-2H3. The minimum absolute atomic E-state index is 0.331. The molecule has 0 fully saturated rings. The molecule has 1 heterocycles. The van der Waals surface area contributed by atoms with Crippen LogP contribution in [0.5, 0.6) is 5.75 Å². The maximum atomic E-state index is 8.44. The first-order valence-electron chi connectivity index (χ1n) is 3.65. The van der Waals surface area contributed by atoms with Crippen LogP contribution < -0.4 is 4.74 Å². The minimum atomic E-state index is 0.331. The molecule has 3 nitrogen and oxygen atoms in total.